The minimum atomic E-state index is 0.541. The third-order valence-electron chi connectivity index (χ3n) is 7.44. The number of hydrogen-bond acceptors (Lipinski definition) is 1. The first kappa shape index (κ1) is 13.9. The van der Waals surface area contributed by atoms with Gasteiger partial charge in [-0.2, -0.15) is 0 Å². The van der Waals surface area contributed by atoms with Gasteiger partial charge in [-0.3, -0.25) is 0 Å². The molecule has 3 aliphatic carbocycles. The predicted molar refractivity (Wildman–Crippen MR) is 82.2 cm³/mol. The minimum absolute atomic E-state index is 0.541. The van der Waals surface area contributed by atoms with Crippen molar-refractivity contribution >= 4 is 0 Å². The molecule has 0 aromatic heterocycles. The second-order valence-electron chi connectivity index (χ2n) is 9.29. The summed E-state index contributed by atoms with van der Waals surface area (Å²) in [7, 11) is 0. The van der Waals surface area contributed by atoms with Crippen LogP contribution in [0.2, 0.25) is 0 Å². The van der Waals surface area contributed by atoms with E-state index in [0.29, 0.717) is 16.2 Å². The topological polar surface area (TPSA) is 12.0 Å². The van der Waals surface area contributed by atoms with E-state index < -0.39 is 0 Å². The van der Waals surface area contributed by atoms with Gasteiger partial charge in [0.1, 0.15) is 0 Å². The molecule has 4 unspecified atom stereocenters. The Bertz CT molecular complexity index is 357. The maximum Gasteiger partial charge on any atom is 0.0131 e. The summed E-state index contributed by atoms with van der Waals surface area (Å²) in [6, 6.07) is 1.56. The van der Waals surface area contributed by atoms with Crippen LogP contribution in [-0.2, 0) is 0 Å². The summed E-state index contributed by atoms with van der Waals surface area (Å²) in [5.74, 6) is 0.964. The number of fused-ring (bicyclic) bond motifs is 2. The highest BCUT2D eigenvalue weighted by molar-refractivity contribution is 5.13. The molecule has 2 bridgehead atoms. The van der Waals surface area contributed by atoms with Crippen molar-refractivity contribution in [2.24, 2.45) is 22.2 Å². The van der Waals surface area contributed by atoms with Gasteiger partial charge in [0.05, 0.1) is 0 Å². The summed E-state index contributed by atoms with van der Waals surface area (Å²) < 4.78 is 0. The summed E-state index contributed by atoms with van der Waals surface area (Å²) in [4.78, 5) is 0. The van der Waals surface area contributed by atoms with E-state index in [2.05, 4.69) is 39.9 Å². The molecule has 3 fully saturated rings. The first-order valence-electron chi connectivity index (χ1n) is 8.51. The Kier molecular flexibility index (Phi) is 3.10. The van der Waals surface area contributed by atoms with E-state index in [9.17, 15) is 0 Å². The third-order valence-corrected chi connectivity index (χ3v) is 7.44. The minimum Gasteiger partial charge on any atom is -0.311 e. The largest absolute Gasteiger partial charge is 0.311 e. The normalized spacial score (nSPS) is 47.5. The molecule has 3 rings (SSSR count). The second-order valence-corrected chi connectivity index (χ2v) is 9.29. The van der Waals surface area contributed by atoms with Gasteiger partial charge in [0, 0.05) is 12.1 Å². The van der Waals surface area contributed by atoms with Crippen molar-refractivity contribution in [1.29, 1.82) is 0 Å². The van der Waals surface area contributed by atoms with Crippen LogP contribution in [0.1, 0.15) is 79.6 Å². The maximum absolute atomic E-state index is 4.10. The van der Waals surface area contributed by atoms with Crippen molar-refractivity contribution in [3.05, 3.63) is 0 Å². The quantitative estimate of drug-likeness (QED) is 0.757. The standard InChI is InChI=1S/C18H33N/c1-16(2)9-6-7-14(12-16)19-15-11-13-8-10-18(15,5)17(13,3)4/h13-15,19H,6-12H2,1-5H3. The lowest BCUT2D eigenvalue weighted by Crippen LogP contribution is -2.50. The molecule has 0 aliphatic heterocycles. The fourth-order valence-electron chi connectivity index (χ4n) is 5.58. The average molecular weight is 263 g/mol. The van der Waals surface area contributed by atoms with Crippen molar-refractivity contribution in [3.8, 4) is 0 Å². The summed E-state index contributed by atoms with van der Waals surface area (Å²) in [6.45, 7) is 12.5. The highest BCUT2D eigenvalue weighted by atomic mass is 15.0. The molecule has 19 heavy (non-hydrogen) atoms. The Morgan fingerprint density at radius 3 is 2.21 bits per heavy atom. The van der Waals surface area contributed by atoms with Crippen LogP contribution in [0.25, 0.3) is 0 Å². The van der Waals surface area contributed by atoms with Crippen molar-refractivity contribution in [3.63, 3.8) is 0 Å². The number of hydrogen-bond donors (Lipinski definition) is 1. The Balaban J connectivity index is 1.69. The van der Waals surface area contributed by atoms with Gasteiger partial charge in [-0.15, -0.1) is 0 Å². The van der Waals surface area contributed by atoms with E-state index in [1.54, 1.807) is 0 Å². The van der Waals surface area contributed by atoms with E-state index in [-0.39, 0.29) is 0 Å². The molecule has 1 heteroatoms. The summed E-state index contributed by atoms with van der Waals surface area (Å²) in [5.41, 5.74) is 1.65. The zero-order chi connectivity index (χ0) is 13.9. The predicted octanol–water partition coefficient (Wildman–Crippen LogP) is 4.76. The van der Waals surface area contributed by atoms with E-state index in [1.165, 1.54) is 44.9 Å². The van der Waals surface area contributed by atoms with Crippen LogP contribution in [0, 0.1) is 22.2 Å². The Hall–Kier alpha value is -0.0400. The van der Waals surface area contributed by atoms with Crippen LogP contribution in [-0.4, -0.2) is 12.1 Å². The van der Waals surface area contributed by atoms with Gasteiger partial charge in [-0.1, -0.05) is 41.0 Å². The van der Waals surface area contributed by atoms with E-state index in [0.717, 1.165) is 18.0 Å². The van der Waals surface area contributed by atoms with Crippen LogP contribution < -0.4 is 5.32 Å². The first-order valence-corrected chi connectivity index (χ1v) is 8.51. The first-order chi connectivity index (χ1) is 8.75. The molecule has 0 spiro atoms. The molecule has 110 valence electrons. The average Bonchev–Trinajstić information content (AvgIpc) is 2.60. The van der Waals surface area contributed by atoms with Gasteiger partial charge < -0.3 is 5.32 Å². The van der Waals surface area contributed by atoms with Gasteiger partial charge >= 0.3 is 0 Å². The summed E-state index contributed by atoms with van der Waals surface area (Å²) >= 11 is 0. The van der Waals surface area contributed by atoms with Crippen LogP contribution in [0.3, 0.4) is 0 Å². The maximum atomic E-state index is 4.10. The van der Waals surface area contributed by atoms with E-state index >= 15 is 0 Å². The smallest absolute Gasteiger partial charge is 0.0131 e. The highest BCUT2D eigenvalue weighted by Crippen LogP contribution is 2.65. The highest BCUT2D eigenvalue weighted by Gasteiger charge is 2.61. The monoisotopic (exact) mass is 263 g/mol. The molecule has 4 atom stereocenters. The van der Waals surface area contributed by atoms with Crippen molar-refractivity contribution in [1.82, 2.24) is 5.32 Å². The lowest BCUT2D eigenvalue weighted by Gasteiger charge is -2.43. The second kappa shape index (κ2) is 4.23. The van der Waals surface area contributed by atoms with Gasteiger partial charge in [-0.25, -0.2) is 0 Å². The van der Waals surface area contributed by atoms with Crippen molar-refractivity contribution in [2.45, 2.75) is 91.6 Å². The van der Waals surface area contributed by atoms with Gasteiger partial charge in [-0.05, 0) is 60.7 Å². The zero-order valence-corrected chi connectivity index (χ0v) is 13.7. The van der Waals surface area contributed by atoms with Crippen molar-refractivity contribution < 1.29 is 0 Å². The lowest BCUT2D eigenvalue weighted by molar-refractivity contribution is 0.0998. The fraction of sp³-hybridized carbons (Fsp3) is 1.00. The van der Waals surface area contributed by atoms with Crippen LogP contribution in [0.5, 0.6) is 0 Å². The molecular weight excluding hydrogens is 230 g/mol. The third kappa shape index (κ3) is 2.07. The molecular formula is C18H33N. The molecule has 1 nitrogen and oxygen atoms in total. The van der Waals surface area contributed by atoms with E-state index in [4.69, 9.17) is 0 Å². The number of rotatable bonds is 2. The summed E-state index contributed by atoms with van der Waals surface area (Å²) in [6.07, 6.45) is 9.96. The number of nitrogens with one attached hydrogen (secondary N) is 1. The Morgan fingerprint density at radius 1 is 0.947 bits per heavy atom. The fourth-order valence-corrected chi connectivity index (χ4v) is 5.58. The zero-order valence-electron chi connectivity index (χ0n) is 13.7. The molecule has 0 amide bonds. The van der Waals surface area contributed by atoms with Crippen molar-refractivity contribution in [2.75, 3.05) is 0 Å². The molecule has 1 N–H and O–H groups in total. The van der Waals surface area contributed by atoms with Crippen LogP contribution in [0.15, 0.2) is 0 Å². The van der Waals surface area contributed by atoms with Crippen LogP contribution >= 0.6 is 0 Å². The molecule has 3 aliphatic rings. The van der Waals surface area contributed by atoms with Gasteiger partial charge in [0.2, 0.25) is 0 Å². The molecule has 0 aromatic carbocycles. The molecule has 3 saturated carbocycles. The van der Waals surface area contributed by atoms with Crippen LogP contribution in [0.4, 0.5) is 0 Å². The summed E-state index contributed by atoms with van der Waals surface area (Å²) in [5, 5.41) is 4.10. The molecule has 0 aromatic rings. The molecule has 0 heterocycles. The lowest BCUT2D eigenvalue weighted by atomic mass is 9.68. The van der Waals surface area contributed by atoms with Gasteiger partial charge in [0.15, 0.2) is 0 Å². The Labute approximate surface area is 119 Å². The molecule has 0 radical (unpaired) electrons. The Morgan fingerprint density at radius 2 is 1.68 bits per heavy atom. The van der Waals surface area contributed by atoms with E-state index in [1.807, 2.05) is 0 Å². The SMILES string of the molecule is CC1(C)CCCC(NC2CC3CCC2(C)C3(C)C)C1. The van der Waals surface area contributed by atoms with Gasteiger partial charge in [0.25, 0.3) is 0 Å². The molecule has 0 saturated heterocycles.